The van der Waals surface area contributed by atoms with Crippen LogP contribution in [0.2, 0.25) is 5.02 Å². The highest BCUT2D eigenvalue weighted by Crippen LogP contribution is 2.39. The van der Waals surface area contributed by atoms with Crippen LogP contribution in [0, 0.1) is 11.3 Å². The summed E-state index contributed by atoms with van der Waals surface area (Å²) < 4.78 is 0. The van der Waals surface area contributed by atoms with Crippen molar-refractivity contribution in [1.29, 1.82) is 5.26 Å². The highest BCUT2D eigenvalue weighted by molar-refractivity contribution is 6.31. The van der Waals surface area contributed by atoms with Crippen LogP contribution in [0.15, 0.2) is 18.2 Å². The Morgan fingerprint density at radius 1 is 1.60 bits per heavy atom. The SMILES string of the molecule is N#CCC1(O)C(=O)Nc2cc(Cl)ccc21. The highest BCUT2D eigenvalue weighted by Gasteiger charge is 2.45. The van der Waals surface area contributed by atoms with Gasteiger partial charge in [-0.25, -0.2) is 0 Å². The molecule has 0 bridgehead atoms. The number of carbonyl (C=O) groups excluding carboxylic acids is 1. The number of nitrogens with zero attached hydrogens (tertiary/aromatic N) is 1. The van der Waals surface area contributed by atoms with E-state index in [-0.39, 0.29) is 6.42 Å². The molecule has 4 nitrogen and oxygen atoms in total. The van der Waals surface area contributed by atoms with Crippen LogP contribution in [-0.2, 0) is 10.4 Å². The predicted molar refractivity (Wildman–Crippen MR) is 54.2 cm³/mol. The van der Waals surface area contributed by atoms with Crippen LogP contribution in [0.4, 0.5) is 5.69 Å². The molecule has 1 unspecified atom stereocenters. The van der Waals surface area contributed by atoms with Gasteiger partial charge in [0.1, 0.15) is 0 Å². The fourth-order valence-corrected chi connectivity index (χ4v) is 1.79. The zero-order valence-corrected chi connectivity index (χ0v) is 8.38. The lowest BCUT2D eigenvalue weighted by Crippen LogP contribution is -2.33. The first kappa shape index (κ1) is 9.97. The summed E-state index contributed by atoms with van der Waals surface area (Å²) in [4.78, 5) is 11.5. The smallest absolute Gasteiger partial charge is 0.262 e. The monoisotopic (exact) mass is 222 g/mol. The molecule has 0 saturated heterocycles. The lowest BCUT2D eigenvalue weighted by molar-refractivity contribution is -0.133. The number of hydrogen-bond acceptors (Lipinski definition) is 3. The van der Waals surface area contributed by atoms with Crippen LogP contribution >= 0.6 is 11.6 Å². The number of nitrogens with one attached hydrogen (secondary N) is 1. The fourth-order valence-electron chi connectivity index (χ4n) is 1.62. The van der Waals surface area contributed by atoms with Crippen LogP contribution in [0.25, 0.3) is 0 Å². The number of fused-ring (bicyclic) bond motifs is 1. The Bertz CT molecular complexity index is 481. The second kappa shape index (κ2) is 3.23. The van der Waals surface area contributed by atoms with Crippen LogP contribution in [-0.4, -0.2) is 11.0 Å². The molecule has 15 heavy (non-hydrogen) atoms. The van der Waals surface area contributed by atoms with Gasteiger partial charge in [0, 0.05) is 16.3 Å². The van der Waals surface area contributed by atoms with E-state index in [1.165, 1.54) is 0 Å². The molecule has 1 aromatic rings. The molecule has 1 aliphatic heterocycles. The Labute approximate surface area is 91.1 Å². The number of aliphatic hydroxyl groups is 1. The third kappa shape index (κ3) is 1.37. The van der Waals surface area contributed by atoms with Crippen molar-refractivity contribution >= 4 is 23.2 Å². The van der Waals surface area contributed by atoms with Gasteiger partial charge in [0.2, 0.25) is 0 Å². The Kier molecular flexibility index (Phi) is 2.14. The number of hydrogen-bond donors (Lipinski definition) is 2. The first-order chi connectivity index (χ1) is 7.08. The third-order valence-corrected chi connectivity index (χ3v) is 2.62. The first-order valence-corrected chi connectivity index (χ1v) is 4.66. The summed E-state index contributed by atoms with van der Waals surface area (Å²) in [5.41, 5.74) is -0.877. The molecule has 2 N–H and O–H groups in total. The molecule has 0 spiro atoms. The minimum Gasteiger partial charge on any atom is -0.374 e. The molecule has 1 aromatic carbocycles. The number of benzene rings is 1. The van der Waals surface area contributed by atoms with E-state index in [1.54, 1.807) is 24.3 Å². The largest absolute Gasteiger partial charge is 0.374 e. The van der Waals surface area contributed by atoms with E-state index in [4.69, 9.17) is 16.9 Å². The number of nitriles is 1. The molecule has 2 rings (SSSR count). The van der Waals surface area contributed by atoms with Crippen molar-refractivity contribution in [2.24, 2.45) is 0 Å². The van der Waals surface area contributed by atoms with Crippen molar-refractivity contribution < 1.29 is 9.90 Å². The van der Waals surface area contributed by atoms with Gasteiger partial charge in [-0.1, -0.05) is 17.7 Å². The topological polar surface area (TPSA) is 73.1 Å². The minimum absolute atomic E-state index is 0.270. The normalized spacial score (nSPS) is 23.1. The molecule has 76 valence electrons. The van der Waals surface area contributed by atoms with E-state index in [1.807, 2.05) is 0 Å². The van der Waals surface area contributed by atoms with Gasteiger partial charge >= 0.3 is 0 Å². The van der Waals surface area contributed by atoms with Crippen molar-refractivity contribution in [3.8, 4) is 6.07 Å². The molecular formula is C10H7ClN2O2. The number of halogens is 1. The van der Waals surface area contributed by atoms with Gasteiger partial charge in [-0.05, 0) is 12.1 Å². The molecular weight excluding hydrogens is 216 g/mol. The maximum atomic E-state index is 11.5. The number of carbonyl (C=O) groups is 1. The maximum Gasteiger partial charge on any atom is 0.262 e. The van der Waals surface area contributed by atoms with Gasteiger partial charge < -0.3 is 10.4 Å². The van der Waals surface area contributed by atoms with Gasteiger partial charge in [0.15, 0.2) is 5.60 Å². The molecule has 1 atom stereocenters. The van der Waals surface area contributed by atoms with Gasteiger partial charge in [-0.3, -0.25) is 4.79 Å². The van der Waals surface area contributed by atoms with E-state index >= 15 is 0 Å². The standard InChI is InChI=1S/C10H7ClN2O2/c11-6-1-2-7-8(5-6)13-9(14)10(7,15)3-4-12/h1-2,5,15H,3H2,(H,13,14). The van der Waals surface area contributed by atoms with Gasteiger partial charge in [0.25, 0.3) is 5.91 Å². The van der Waals surface area contributed by atoms with Gasteiger partial charge in [-0.2, -0.15) is 5.26 Å². The van der Waals surface area contributed by atoms with Gasteiger partial charge in [0.05, 0.1) is 12.5 Å². The first-order valence-electron chi connectivity index (χ1n) is 4.29. The molecule has 0 aliphatic carbocycles. The predicted octanol–water partition coefficient (Wildman–Crippen LogP) is 1.39. The molecule has 1 amide bonds. The minimum atomic E-state index is -1.74. The van der Waals surface area contributed by atoms with Crippen LogP contribution < -0.4 is 5.32 Å². The zero-order valence-electron chi connectivity index (χ0n) is 7.62. The second-order valence-electron chi connectivity index (χ2n) is 3.34. The molecule has 1 heterocycles. The summed E-state index contributed by atoms with van der Waals surface area (Å²) >= 11 is 5.74. The Hall–Kier alpha value is -1.57. The van der Waals surface area contributed by atoms with E-state index in [9.17, 15) is 9.90 Å². The zero-order chi connectivity index (χ0) is 11.1. The molecule has 0 saturated carbocycles. The van der Waals surface area contributed by atoms with E-state index < -0.39 is 11.5 Å². The maximum absolute atomic E-state index is 11.5. The van der Waals surface area contributed by atoms with Crippen molar-refractivity contribution in [2.45, 2.75) is 12.0 Å². The van der Waals surface area contributed by atoms with Crippen LogP contribution in [0.3, 0.4) is 0 Å². The summed E-state index contributed by atoms with van der Waals surface area (Å²) in [6.07, 6.45) is -0.270. The van der Waals surface area contributed by atoms with Crippen molar-refractivity contribution in [1.82, 2.24) is 0 Å². The summed E-state index contributed by atoms with van der Waals surface area (Å²) in [6.45, 7) is 0. The van der Waals surface area contributed by atoms with Crippen molar-refractivity contribution in [2.75, 3.05) is 5.32 Å². The Balaban J connectivity index is 2.56. The fraction of sp³-hybridized carbons (Fsp3) is 0.200. The number of amides is 1. The molecule has 0 radical (unpaired) electrons. The van der Waals surface area contributed by atoms with Gasteiger partial charge in [-0.15, -0.1) is 0 Å². The third-order valence-electron chi connectivity index (χ3n) is 2.39. The van der Waals surface area contributed by atoms with Crippen LogP contribution in [0.1, 0.15) is 12.0 Å². The molecule has 0 fully saturated rings. The van der Waals surface area contributed by atoms with Crippen molar-refractivity contribution in [3.63, 3.8) is 0 Å². The Morgan fingerprint density at radius 3 is 3.00 bits per heavy atom. The molecule has 1 aliphatic rings. The van der Waals surface area contributed by atoms with E-state index in [0.717, 1.165) is 0 Å². The van der Waals surface area contributed by atoms with Crippen molar-refractivity contribution in [3.05, 3.63) is 28.8 Å². The lowest BCUT2D eigenvalue weighted by atomic mass is 9.93. The summed E-state index contributed by atoms with van der Waals surface area (Å²) in [5, 5.41) is 21.6. The number of rotatable bonds is 1. The highest BCUT2D eigenvalue weighted by atomic mass is 35.5. The molecule has 5 heteroatoms. The lowest BCUT2D eigenvalue weighted by Gasteiger charge is -2.16. The van der Waals surface area contributed by atoms with E-state index in [2.05, 4.69) is 5.32 Å². The van der Waals surface area contributed by atoms with Crippen LogP contribution in [0.5, 0.6) is 0 Å². The van der Waals surface area contributed by atoms with E-state index in [0.29, 0.717) is 16.3 Å². The second-order valence-corrected chi connectivity index (χ2v) is 3.78. The summed E-state index contributed by atoms with van der Waals surface area (Å²) in [5.74, 6) is -0.582. The summed E-state index contributed by atoms with van der Waals surface area (Å²) in [6, 6.07) is 6.46. The molecule has 0 aromatic heterocycles. The Morgan fingerprint density at radius 2 is 2.33 bits per heavy atom. The summed E-state index contributed by atoms with van der Waals surface area (Å²) in [7, 11) is 0. The average molecular weight is 223 g/mol. The quantitative estimate of drug-likeness (QED) is 0.754. The average Bonchev–Trinajstić information content (AvgIpc) is 2.39. The number of anilines is 1.